The van der Waals surface area contributed by atoms with Gasteiger partial charge >= 0.3 is 5.97 Å². The summed E-state index contributed by atoms with van der Waals surface area (Å²) in [5.41, 5.74) is 1.94. The molecule has 0 unspecified atom stereocenters. The number of nitro groups is 1. The molecule has 1 aliphatic rings. The molecule has 3 aromatic carbocycles. The Bertz CT molecular complexity index is 1400. The standard InChI is InChI=1S/C25H18FIN2O6/c1-14-18(7-4-8-21(14)29(31)32)24-28-20(25(30)35-24)11-16-10-19(27)23(22(12-16)33-2)34-13-15-5-3-6-17(26)9-15/h3-12H,13H2,1-2H3/b20-11-. The molecule has 3 aromatic rings. The van der Waals surface area contributed by atoms with Crippen LogP contribution in [-0.4, -0.2) is 23.9 Å². The Morgan fingerprint density at radius 1 is 1.20 bits per heavy atom. The van der Waals surface area contributed by atoms with Crippen LogP contribution in [0.1, 0.15) is 22.3 Å². The number of ether oxygens (including phenoxy) is 3. The Morgan fingerprint density at radius 3 is 2.69 bits per heavy atom. The lowest BCUT2D eigenvalue weighted by molar-refractivity contribution is -0.385. The highest BCUT2D eigenvalue weighted by Crippen LogP contribution is 2.36. The third-order valence-corrected chi connectivity index (χ3v) is 5.98. The van der Waals surface area contributed by atoms with Gasteiger partial charge < -0.3 is 14.2 Å². The van der Waals surface area contributed by atoms with Crippen molar-refractivity contribution in [2.24, 2.45) is 4.99 Å². The summed E-state index contributed by atoms with van der Waals surface area (Å²) in [6, 6.07) is 14.1. The highest BCUT2D eigenvalue weighted by molar-refractivity contribution is 14.1. The lowest BCUT2D eigenvalue weighted by Gasteiger charge is -2.14. The maximum atomic E-state index is 13.4. The summed E-state index contributed by atoms with van der Waals surface area (Å²) in [4.78, 5) is 27.4. The number of carbonyl (C=O) groups excluding carboxylic acids is 1. The molecule has 0 amide bonds. The van der Waals surface area contributed by atoms with Gasteiger partial charge in [0.2, 0.25) is 5.90 Å². The number of methoxy groups -OCH3 is 1. The van der Waals surface area contributed by atoms with Crippen LogP contribution in [0.4, 0.5) is 10.1 Å². The Labute approximate surface area is 213 Å². The van der Waals surface area contributed by atoms with E-state index in [-0.39, 0.29) is 29.7 Å². The van der Waals surface area contributed by atoms with Gasteiger partial charge in [-0.3, -0.25) is 10.1 Å². The molecule has 178 valence electrons. The third-order valence-electron chi connectivity index (χ3n) is 5.18. The minimum absolute atomic E-state index is 0.000779. The van der Waals surface area contributed by atoms with Gasteiger partial charge in [-0.1, -0.05) is 18.2 Å². The molecule has 0 saturated carbocycles. The van der Waals surface area contributed by atoms with Crippen molar-refractivity contribution in [1.82, 2.24) is 0 Å². The Kier molecular flexibility index (Phi) is 7.10. The number of hydrogen-bond acceptors (Lipinski definition) is 7. The molecule has 1 aliphatic heterocycles. The molecule has 8 nitrogen and oxygen atoms in total. The summed E-state index contributed by atoms with van der Waals surface area (Å²) in [6.07, 6.45) is 1.53. The van der Waals surface area contributed by atoms with E-state index >= 15 is 0 Å². The van der Waals surface area contributed by atoms with Crippen molar-refractivity contribution in [3.63, 3.8) is 0 Å². The molecule has 0 radical (unpaired) electrons. The van der Waals surface area contributed by atoms with Crippen LogP contribution in [0.25, 0.3) is 6.08 Å². The van der Waals surface area contributed by atoms with Crippen molar-refractivity contribution in [3.8, 4) is 11.5 Å². The van der Waals surface area contributed by atoms with E-state index in [4.69, 9.17) is 14.2 Å². The first kappa shape index (κ1) is 24.3. The van der Waals surface area contributed by atoms with Crippen LogP contribution < -0.4 is 9.47 Å². The summed E-state index contributed by atoms with van der Waals surface area (Å²) in [5.74, 6) is -0.126. The van der Waals surface area contributed by atoms with Gasteiger partial charge in [0.1, 0.15) is 12.4 Å². The largest absolute Gasteiger partial charge is 0.493 e. The molecule has 0 fully saturated rings. The summed E-state index contributed by atoms with van der Waals surface area (Å²) in [6.45, 7) is 1.72. The van der Waals surface area contributed by atoms with Gasteiger partial charge in [0.05, 0.1) is 15.6 Å². The second-order valence-electron chi connectivity index (χ2n) is 7.50. The number of cyclic esters (lactones) is 1. The molecule has 0 bridgehead atoms. The van der Waals surface area contributed by atoms with Gasteiger partial charge in [-0.25, -0.2) is 14.2 Å². The molecular formula is C25H18FIN2O6. The van der Waals surface area contributed by atoms with Crippen LogP contribution >= 0.6 is 22.6 Å². The maximum absolute atomic E-state index is 13.4. The zero-order valence-corrected chi connectivity index (χ0v) is 20.7. The number of benzene rings is 3. The zero-order chi connectivity index (χ0) is 25.1. The average Bonchev–Trinajstić information content (AvgIpc) is 3.17. The molecule has 0 aliphatic carbocycles. The minimum atomic E-state index is -0.675. The van der Waals surface area contributed by atoms with Crippen LogP contribution in [0.5, 0.6) is 11.5 Å². The van der Waals surface area contributed by atoms with Crippen molar-refractivity contribution < 1.29 is 28.3 Å². The van der Waals surface area contributed by atoms with Crippen molar-refractivity contribution in [2.45, 2.75) is 13.5 Å². The summed E-state index contributed by atoms with van der Waals surface area (Å²) in [5, 5.41) is 11.2. The smallest absolute Gasteiger partial charge is 0.363 e. The van der Waals surface area contributed by atoms with Gasteiger partial charge in [-0.15, -0.1) is 0 Å². The molecule has 0 saturated heterocycles. The molecule has 10 heteroatoms. The molecular weight excluding hydrogens is 570 g/mol. The van der Waals surface area contributed by atoms with E-state index in [1.165, 1.54) is 37.5 Å². The Hall–Kier alpha value is -3.80. The SMILES string of the molecule is COc1cc(/C=C2\N=C(c3cccc([N+](=O)[O-])c3C)OC2=O)cc(I)c1OCc1cccc(F)c1. The topological polar surface area (TPSA) is 100 Å². The zero-order valence-electron chi connectivity index (χ0n) is 18.6. The predicted octanol–water partition coefficient (Wildman–Crippen LogP) is 5.58. The summed E-state index contributed by atoms with van der Waals surface area (Å²) >= 11 is 2.08. The Balaban J connectivity index is 1.62. The van der Waals surface area contributed by atoms with Gasteiger partial charge in [0.15, 0.2) is 17.2 Å². The summed E-state index contributed by atoms with van der Waals surface area (Å²) in [7, 11) is 1.49. The number of esters is 1. The van der Waals surface area contributed by atoms with Crippen LogP contribution in [0.15, 0.2) is 65.3 Å². The van der Waals surface area contributed by atoms with E-state index < -0.39 is 10.9 Å². The van der Waals surface area contributed by atoms with E-state index in [0.29, 0.717) is 37.3 Å². The number of nitrogens with zero attached hydrogens (tertiary/aromatic N) is 2. The third kappa shape index (κ3) is 5.32. The highest BCUT2D eigenvalue weighted by atomic mass is 127. The van der Waals surface area contributed by atoms with E-state index in [9.17, 15) is 19.3 Å². The van der Waals surface area contributed by atoms with Crippen molar-refractivity contribution in [1.29, 1.82) is 0 Å². The average molecular weight is 588 g/mol. The number of halogens is 2. The van der Waals surface area contributed by atoms with Crippen molar-refractivity contribution >= 4 is 46.2 Å². The molecule has 0 N–H and O–H groups in total. The lowest BCUT2D eigenvalue weighted by atomic mass is 10.1. The number of aliphatic imine (C=N–C) groups is 1. The predicted molar refractivity (Wildman–Crippen MR) is 135 cm³/mol. The molecule has 1 heterocycles. The number of rotatable bonds is 7. The molecule has 4 rings (SSSR count). The first-order chi connectivity index (χ1) is 16.8. The van der Waals surface area contributed by atoms with Crippen LogP contribution in [0, 0.1) is 26.4 Å². The molecule has 0 spiro atoms. The molecule has 0 aromatic heterocycles. The van der Waals surface area contributed by atoms with E-state index in [1.807, 2.05) is 0 Å². The van der Waals surface area contributed by atoms with E-state index in [2.05, 4.69) is 27.6 Å². The number of carbonyl (C=O) groups is 1. The molecule has 0 atom stereocenters. The van der Waals surface area contributed by atoms with Crippen molar-refractivity contribution in [3.05, 3.63) is 102 Å². The first-order valence-corrected chi connectivity index (χ1v) is 11.4. The molecule has 35 heavy (non-hydrogen) atoms. The monoisotopic (exact) mass is 588 g/mol. The van der Waals surface area contributed by atoms with Gasteiger partial charge in [0.25, 0.3) is 5.69 Å². The normalized spacial score (nSPS) is 14.0. The van der Waals surface area contributed by atoms with Gasteiger partial charge in [0, 0.05) is 17.2 Å². The number of hydrogen-bond donors (Lipinski definition) is 0. The first-order valence-electron chi connectivity index (χ1n) is 10.3. The second kappa shape index (κ2) is 10.2. The maximum Gasteiger partial charge on any atom is 0.363 e. The van der Waals surface area contributed by atoms with Crippen LogP contribution in [0.3, 0.4) is 0 Å². The quantitative estimate of drug-likeness (QED) is 0.118. The van der Waals surface area contributed by atoms with Crippen LogP contribution in [-0.2, 0) is 16.1 Å². The van der Waals surface area contributed by atoms with Gasteiger partial charge in [-0.05, 0) is 77.0 Å². The Morgan fingerprint density at radius 2 is 1.97 bits per heavy atom. The van der Waals surface area contributed by atoms with E-state index in [0.717, 1.165) is 0 Å². The fourth-order valence-corrected chi connectivity index (χ4v) is 4.26. The van der Waals surface area contributed by atoms with E-state index in [1.54, 1.807) is 37.3 Å². The highest BCUT2D eigenvalue weighted by Gasteiger charge is 2.27. The second-order valence-corrected chi connectivity index (χ2v) is 8.66. The summed E-state index contributed by atoms with van der Waals surface area (Å²) < 4.78 is 30.8. The minimum Gasteiger partial charge on any atom is -0.493 e. The fourth-order valence-electron chi connectivity index (χ4n) is 3.48. The number of nitro benzene ring substituents is 1. The fraction of sp³-hybridized carbons (Fsp3) is 0.120. The van der Waals surface area contributed by atoms with Crippen LogP contribution in [0.2, 0.25) is 0 Å². The lowest BCUT2D eigenvalue weighted by Crippen LogP contribution is -2.08. The van der Waals surface area contributed by atoms with Crippen molar-refractivity contribution in [2.75, 3.05) is 7.11 Å². The van der Waals surface area contributed by atoms with Gasteiger partial charge in [-0.2, -0.15) is 0 Å².